The number of halogens is 2. The average Bonchev–Trinajstić information content (AvgIpc) is 1.85. The topological polar surface area (TPSA) is 56.0 Å². The summed E-state index contributed by atoms with van der Waals surface area (Å²) < 4.78 is 1.08. The van der Waals surface area contributed by atoms with Crippen LogP contribution in [-0.2, 0) is 0 Å². The lowest BCUT2D eigenvalue weighted by molar-refractivity contribution is -0.390. The molecule has 0 spiro atoms. The molecular formula is C5H2Br2N2O2. The minimum absolute atomic E-state index is 0.173. The van der Waals surface area contributed by atoms with Crippen LogP contribution in [-0.4, -0.2) is 9.91 Å². The van der Waals surface area contributed by atoms with E-state index in [2.05, 4.69) is 36.8 Å². The molecule has 0 aliphatic heterocycles. The Hall–Kier alpha value is -0.490. The summed E-state index contributed by atoms with van der Waals surface area (Å²) in [6, 6.07) is 1.57. The van der Waals surface area contributed by atoms with Gasteiger partial charge in [0.2, 0.25) is 0 Å². The molecule has 11 heavy (non-hydrogen) atoms. The minimum Gasteiger partial charge on any atom is -0.358 e. The zero-order chi connectivity index (χ0) is 8.43. The van der Waals surface area contributed by atoms with Crippen LogP contribution in [0.2, 0.25) is 0 Å². The predicted octanol–water partition coefficient (Wildman–Crippen LogP) is 2.51. The van der Waals surface area contributed by atoms with Gasteiger partial charge in [0.1, 0.15) is 4.47 Å². The van der Waals surface area contributed by atoms with Gasteiger partial charge in [-0.3, -0.25) is 0 Å². The average molecular weight is 282 g/mol. The molecule has 4 nitrogen and oxygen atoms in total. The molecule has 0 aromatic carbocycles. The van der Waals surface area contributed by atoms with Crippen LogP contribution in [0.15, 0.2) is 21.2 Å². The molecule has 0 fully saturated rings. The van der Waals surface area contributed by atoms with Gasteiger partial charge in [0.05, 0.1) is 4.47 Å². The SMILES string of the molecule is O=[N+]([O-])c1ncc(Br)cc1Br. The lowest BCUT2D eigenvalue weighted by Gasteiger charge is -1.93. The standard InChI is InChI=1S/C5H2Br2N2O2/c6-3-1-4(7)5(8-2-3)9(10)11/h1-2H. The predicted molar refractivity (Wildman–Crippen MR) is 46.3 cm³/mol. The maximum atomic E-state index is 10.2. The van der Waals surface area contributed by atoms with Gasteiger partial charge < -0.3 is 10.1 Å². The zero-order valence-corrected chi connectivity index (χ0v) is 8.29. The summed E-state index contributed by atoms with van der Waals surface area (Å²) >= 11 is 6.14. The first-order chi connectivity index (χ1) is 5.11. The van der Waals surface area contributed by atoms with Gasteiger partial charge >= 0.3 is 5.82 Å². The molecule has 0 saturated carbocycles. The summed E-state index contributed by atoms with van der Waals surface area (Å²) in [5, 5.41) is 10.2. The molecule has 0 saturated heterocycles. The van der Waals surface area contributed by atoms with Crippen molar-refractivity contribution >= 4 is 37.7 Å². The Kier molecular flexibility index (Phi) is 2.56. The van der Waals surface area contributed by atoms with Gasteiger partial charge in [0, 0.05) is 0 Å². The fourth-order valence-corrected chi connectivity index (χ4v) is 1.67. The maximum absolute atomic E-state index is 10.2. The van der Waals surface area contributed by atoms with E-state index in [0.717, 1.165) is 0 Å². The molecule has 6 heteroatoms. The first-order valence-electron chi connectivity index (χ1n) is 2.56. The highest BCUT2D eigenvalue weighted by Gasteiger charge is 2.12. The van der Waals surface area contributed by atoms with Crippen LogP contribution < -0.4 is 0 Å². The number of nitrogens with zero attached hydrogens (tertiary/aromatic N) is 2. The highest BCUT2D eigenvalue weighted by atomic mass is 79.9. The van der Waals surface area contributed by atoms with Gasteiger partial charge in [-0.2, -0.15) is 0 Å². The van der Waals surface area contributed by atoms with Crippen molar-refractivity contribution in [3.63, 3.8) is 0 Å². The summed E-state index contributed by atoms with van der Waals surface area (Å²) in [6.45, 7) is 0. The van der Waals surface area contributed by atoms with Gasteiger partial charge in [-0.15, -0.1) is 0 Å². The van der Waals surface area contributed by atoms with Gasteiger partial charge in [0.15, 0.2) is 6.20 Å². The normalized spacial score (nSPS) is 9.64. The minimum atomic E-state index is -0.545. The second kappa shape index (κ2) is 3.27. The number of rotatable bonds is 1. The fraction of sp³-hybridized carbons (Fsp3) is 0. The van der Waals surface area contributed by atoms with E-state index in [1.54, 1.807) is 6.07 Å². The van der Waals surface area contributed by atoms with Crippen molar-refractivity contribution in [3.8, 4) is 0 Å². The summed E-state index contributed by atoms with van der Waals surface area (Å²) in [6.07, 6.45) is 1.38. The lowest BCUT2D eigenvalue weighted by atomic mass is 10.5. The highest BCUT2D eigenvalue weighted by molar-refractivity contribution is 9.11. The van der Waals surface area contributed by atoms with E-state index in [1.165, 1.54) is 6.20 Å². The molecule has 1 rings (SSSR count). The van der Waals surface area contributed by atoms with Crippen molar-refractivity contribution in [2.24, 2.45) is 0 Å². The Bertz CT molecular complexity index is 303. The monoisotopic (exact) mass is 280 g/mol. The van der Waals surface area contributed by atoms with Gasteiger partial charge in [0.25, 0.3) is 0 Å². The molecule has 0 unspecified atom stereocenters. The quantitative estimate of drug-likeness (QED) is 0.587. The summed E-state index contributed by atoms with van der Waals surface area (Å²) in [4.78, 5) is 13.3. The maximum Gasteiger partial charge on any atom is 0.377 e. The van der Waals surface area contributed by atoms with Gasteiger partial charge in [-0.1, -0.05) is 0 Å². The molecule has 0 atom stereocenters. The van der Waals surface area contributed by atoms with Crippen LogP contribution in [0.25, 0.3) is 0 Å². The molecule has 1 aromatic heterocycles. The Morgan fingerprint density at radius 3 is 2.64 bits per heavy atom. The van der Waals surface area contributed by atoms with Crippen molar-refractivity contribution < 1.29 is 4.92 Å². The third-order valence-electron chi connectivity index (χ3n) is 0.961. The third kappa shape index (κ3) is 1.97. The number of pyridine rings is 1. The number of nitro groups is 1. The molecule has 0 amide bonds. The fourth-order valence-electron chi connectivity index (χ4n) is 0.542. The smallest absolute Gasteiger partial charge is 0.358 e. The van der Waals surface area contributed by atoms with Crippen molar-refractivity contribution in [1.82, 2.24) is 4.98 Å². The number of hydrogen-bond donors (Lipinski definition) is 0. The second-order valence-corrected chi connectivity index (χ2v) is 3.49. The van der Waals surface area contributed by atoms with E-state index < -0.39 is 4.92 Å². The molecule has 58 valence electrons. The van der Waals surface area contributed by atoms with E-state index in [0.29, 0.717) is 8.95 Å². The molecule has 0 N–H and O–H groups in total. The molecule has 1 heterocycles. The van der Waals surface area contributed by atoms with Gasteiger partial charge in [-0.05, 0) is 47.8 Å². The Balaban J connectivity index is 3.20. The number of aromatic nitrogens is 1. The van der Waals surface area contributed by atoms with Crippen LogP contribution in [0.5, 0.6) is 0 Å². The molecule has 0 radical (unpaired) electrons. The summed E-state index contributed by atoms with van der Waals surface area (Å²) in [7, 11) is 0. The van der Waals surface area contributed by atoms with Crippen LogP contribution >= 0.6 is 31.9 Å². The van der Waals surface area contributed by atoms with E-state index in [1.807, 2.05) is 0 Å². The summed E-state index contributed by atoms with van der Waals surface area (Å²) in [5.74, 6) is -0.173. The Morgan fingerprint density at radius 2 is 2.18 bits per heavy atom. The van der Waals surface area contributed by atoms with E-state index in [-0.39, 0.29) is 5.82 Å². The van der Waals surface area contributed by atoms with E-state index in [4.69, 9.17) is 0 Å². The first-order valence-corrected chi connectivity index (χ1v) is 4.15. The lowest BCUT2D eigenvalue weighted by Crippen LogP contribution is -1.92. The van der Waals surface area contributed by atoms with Crippen LogP contribution in [0.1, 0.15) is 0 Å². The third-order valence-corrected chi connectivity index (χ3v) is 1.98. The van der Waals surface area contributed by atoms with Crippen LogP contribution in [0.3, 0.4) is 0 Å². The first kappa shape index (κ1) is 8.61. The van der Waals surface area contributed by atoms with Crippen molar-refractivity contribution in [2.45, 2.75) is 0 Å². The van der Waals surface area contributed by atoms with E-state index in [9.17, 15) is 10.1 Å². The second-order valence-electron chi connectivity index (χ2n) is 1.72. The van der Waals surface area contributed by atoms with Crippen molar-refractivity contribution in [3.05, 3.63) is 31.3 Å². The molecule has 0 aliphatic rings. The van der Waals surface area contributed by atoms with Crippen molar-refractivity contribution in [2.75, 3.05) is 0 Å². The van der Waals surface area contributed by atoms with Crippen LogP contribution in [0, 0.1) is 10.1 Å². The van der Waals surface area contributed by atoms with Gasteiger partial charge in [-0.25, -0.2) is 0 Å². The highest BCUT2D eigenvalue weighted by Crippen LogP contribution is 2.24. The number of hydrogen-bond acceptors (Lipinski definition) is 3. The Labute approximate surface area is 79.0 Å². The largest absolute Gasteiger partial charge is 0.377 e. The van der Waals surface area contributed by atoms with Crippen molar-refractivity contribution in [1.29, 1.82) is 0 Å². The Morgan fingerprint density at radius 1 is 1.55 bits per heavy atom. The molecular weight excluding hydrogens is 280 g/mol. The van der Waals surface area contributed by atoms with Crippen LogP contribution in [0.4, 0.5) is 5.82 Å². The molecule has 0 bridgehead atoms. The summed E-state index contributed by atoms with van der Waals surface area (Å²) in [5.41, 5.74) is 0. The molecule has 1 aromatic rings. The zero-order valence-electron chi connectivity index (χ0n) is 5.12. The molecule has 0 aliphatic carbocycles. The van der Waals surface area contributed by atoms with E-state index >= 15 is 0 Å².